The standard InChI is InChI=1S/C20H25FN4O2S/c1-3-11-23-20(22-4-2)24-14-17-8-6-10-19(13-17)28(26,27)25-15-16-7-5-9-18(21)12-16/h3,5-10,12-13,25H,1,4,11,14-15H2,2H3,(H2,22,23,24). The highest BCUT2D eigenvalue weighted by Crippen LogP contribution is 2.13. The zero-order chi connectivity index (χ0) is 20.4. The fourth-order valence-electron chi connectivity index (χ4n) is 2.40. The molecule has 0 unspecified atom stereocenters. The van der Waals surface area contributed by atoms with Crippen LogP contribution in [0.5, 0.6) is 0 Å². The highest BCUT2D eigenvalue weighted by molar-refractivity contribution is 7.89. The summed E-state index contributed by atoms with van der Waals surface area (Å²) < 4.78 is 40.8. The molecule has 0 aliphatic rings. The number of sulfonamides is 1. The summed E-state index contributed by atoms with van der Waals surface area (Å²) in [4.78, 5) is 4.58. The van der Waals surface area contributed by atoms with Crippen LogP contribution in [0, 0.1) is 5.82 Å². The van der Waals surface area contributed by atoms with Gasteiger partial charge in [0.1, 0.15) is 5.82 Å². The second kappa shape index (κ2) is 10.6. The molecule has 0 saturated carbocycles. The molecule has 28 heavy (non-hydrogen) atoms. The molecule has 0 aliphatic heterocycles. The van der Waals surface area contributed by atoms with Crippen molar-refractivity contribution in [1.82, 2.24) is 15.4 Å². The first-order valence-corrected chi connectivity index (χ1v) is 10.4. The Labute approximate surface area is 165 Å². The number of benzene rings is 2. The Hall–Kier alpha value is -2.71. The van der Waals surface area contributed by atoms with Crippen molar-refractivity contribution in [2.24, 2.45) is 4.99 Å². The lowest BCUT2D eigenvalue weighted by atomic mass is 10.2. The van der Waals surface area contributed by atoms with Gasteiger partial charge in [0, 0.05) is 19.6 Å². The molecule has 0 bridgehead atoms. The average Bonchev–Trinajstić information content (AvgIpc) is 2.69. The molecule has 0 saturated heterocycles. The highest BCUT2D eigenvalue weighted by atomic mass is 32.2. The molecule has 0 fully saturated rings. The summed E-state index contributed by atoms with van der Waals surface area (Å²) in [5.41, 5.74) is 1.30. The van der Waals surface area contributed by atoms with Crippen molar-refractivity contribution >= 4 is 16.0 Å². The number of guanidine groups is 1. The molecular weight excluding hydrogens is 379 g/mol. The second-order valence-electron chi connectivity index (χ2n) is 5.97. The van der Waals surface area contributed by atoms with Gasteiger partial charge in [-0.25, -0.2) is 22.5 Å². The molecule has 6 nitrogen and oxygen atoms in total. The van der Waals surface area contributed by atoms with Crippen molar-refractivity contribution in [2.45, 2.75) is 24.9 Å². The molecule has 0 amide bonds. The molecule has 0 heterocycles. The van der Waals surface area contributed by atoms with E-state index in [1.54, 1.807) is 30.3 Å². The molecule has 0 aliphatic carbocycles. The van der Waals surface area contributed by atoms with Crippen molar-refractivity contribution < 1.29 is 12.8 Å². The first kappa shape index (κ1) is 21.6. The zero-order valence-electron chi connectivity index (χ0n) is 15.8. The summed E-state index contributed by atoms with van der Waals surface area (Å²) in [6, 6.07) is 12.4. The number of nitrogens with one attached hydrogen (secondary N) is 3. The van der Waals surface area contributed by atoms with E-state index in [9.17, 15) is 12.8 Å². The fourth-order valence-corrected chi connectivity index (χ4v) is 3.49. The van der Waals surface area contributed by atoms with Gasteiger partial charge in [0.25, 0.3) is 0 Å². The third-order valence-corrected chi connectivity index (χ3v) is 5.14. The lowest BCUT2D eigenvalue weighted by Crippen LogP contribution is -2.37. The average molecular weight is 405 g/mol. The molecule has 3 N–H and O–H groups in total. The molecule has 150 valence electrons. The van der Waals surface area contributed by atoms with Crippen LogP contribution in [0.2, 0.25) is 0 Å². The van der Waals surface area contributed by atoms with E-state index in [0.717, 1.165) is 5.56 Å². The SMILES string of the molecule is C=CCNC(=NCc1cccc(S(=O)(=O)NCc2cccc(F)c2)c1)NCC. The maximum Gasteiger partial charge on any atom is 0.240 e. The fraction of sp³-hybridized carbons (Fsp3) is 0.250. The Morgan fingerprint density at radius 2 is 1.89 bits per heavy atom. The van der Waals surface area contributed by atoms with E-state index in [0.29, 0.717) is 31.2 Å². The maximum absolute atomic E-state index is 13.2. The van der Waals surface area contributed by atoms with Crippen LogP contribution in [0.15, 0.2) is 71.1 Å². The Morgan fingerprint density at radius 3 is 2.61 bits per heavy atom. The molecule has 2 aromatic rings. The van der Waals surface area contributed by atoms with Crippen LogP contribution in [0.25, 0.3) is 0 Å². The predicted octanol–water partition coefficient (Wildman–Crippen LogP) is 2.55. The summed E-state index contributed by atoms with van der Waals surface area (Å²) in [7, 11) is -3.72. The maximum atomic E-state index is 13.2. The second-order valence-corrected chi connectivity index (χ2v) is 7.73. The van der Waals surface area contributed by atoms with Gasteiger partial charge in [-0.2, -0.15) is 0 Å². The van der Waals surface area contributed by atoms with Gasteiger partial charge in [0.2, 0.25) is 10.0 Å². The van der Waals surface area contributed by atoms with E-state index in [1.165, 1.54) is 18.2 Å². The molecule has 0 atom stereocenters. The summed E-state index contributed by atoms with van der Waals surface area (Å²) in [6.45, 7) is 7.23. The third-order valence-electron chi connectivity index (χ3n) is 3.74. The lowest BCUT2D eigenvalue weighted by Gasteiger charge is -2.10. The van der Waals surface area contributed by atoms with Crippen LogP contribution >= 0.6 is 0 Å². The molecule has 0 aromatic heterocycles. The van der Waals surface area contributed by atoms with Gasteiger partial charge < -0.3 is 10.6 Å². The van der Waals surface area contributed by atoms with Crippen molar-refractivity contribution in [3.05, 3.63) is 78.1 Å². The van der Waals surface area contributed by atoms with Crippen LogP contribution in [0.3, 0.4) is 0 Å². The van der Waals surface area contributed by atoms with Gasteiger partial charge in [0.15, 0.2) is 5.96 Å². The van der Waals surface area contributed by atoms with Crippen molar-refractivity contribution in [2.75, 3.05) is 13.1 Å². The predicted molar refractivity (Wildman–Crippen MR) is 110 cm³/mol. The molecular formula is C20H25FN4O2S. The van der Waals surface area contributed by atoms with Crippen LogP contribution in [-0.2, 0) is 23.1 Å². The van der Waals surface area contributed by atoms with Gasteiger partial charge in [-0.15, -0.1) is 6.58 Å². The number of nitrogens with zero attached hydrogens (tertiary/aromatic N) is 1. The zero-order valence-corrected chi connectivity index (χ0v) is 16.6. The summed E-state index contributed by atoms with van der Waals surface area (Å²) in [6.07, 6.45) is 1.73. The Kier molecular flexibility index (Phi) is 8.16. The van der Waals surface area contributed by atoms with Crippen LogP contribution < -0.4 is 15.4 Å². The van der Waals surface area contributed by atoms with Crippen LogP contribution in [-0.4, -0.2) is 27.5 Å². The highest BCUT2D eigenvalue weighted by Gasteiger charge is 2.14. The number of hydrogen-bond acceptors (Lipinski definition) is 3. The molecule has 8 heteroatoms. The number of halogens is 1. The van der Waals surface area contributed by atoms with Gasteiger partial charge in [-0.05, 0) is 42.3 Å². The third kappa shape index (κ3) is 6.79. The summed E-state index contributed by atoms with van der Waals surface area (Å²) >= 11 is 0. The first-order valence-electron chi connectivity index (χ1n) is 8.90. The minimum Gasteiger partial charge on any atom is -0.357 e. The van der Waals surface area contributed by atoms with Gasteiger partial charge in [-0.3, -0.25) is 0 Å². The number of rotatable bonds is 9. The van der Waals surface area contributed by atoms with Crippen molar-refractivity contribution in [1.29, 1.82) is 0 Å². The molecule has 2 aromatic carbocycles. The quantitative estimate of drug-likeness (QED) is 0.341. The van der Waals surface area contributed by atoms with Crippen LogP contribution in [0.1, 0.15) is 18.1 Å². The van der Waals surface area contributed by atoms with Gasteiger partial charge in [-0.1, -0.05) is 30.3 Å². The van der Waals surface area contributed by atoms with E-state index in [4.69, 9.17) is 0 Å². The van der Waals surface area contributed by atoms with Gasteiger partial charge in [0.05, 0.1) is 11.4 Å². The monoisotopic (exact) mass is 404 g/mol. The van der Waals surface area contributed by atoms with E-state index in [2.05, 4.69) is 26.9 Å². The minimum absolute atomic E-state index is 0.0124. The van der Waals surface area contributed by atoms with Crippen molar-refractivity contribution in [3.63, 3.8) is 0 Å². The summed E-state index contributed by atoms with van der Waals surface area (Å²) in [5.74, 6) is 0.220. The Bertz CT molecular complexity index is 929. The molecule has 0 spiro atoms. The largest absolute Gasteiger partial charge is 0.357 e. The topological polar surface area (TPSA) is 82.6 Å². The molecule has 2 rings (SSSR count). The van der Waals surface area contributed by atoms with E-state index >= 15 is 0 Å². The first-order chi connectivity index (χ1) is 13.4. The van der Waals surface area contributed by atoms with Crippen LogP contribution in [0.4, 0.5) is 4.39 Å². The number of hydrogen-bond donors (Lipinski definition) is 3. The van der Waals surface area contributed by atoms with E-state index in [1.807, 2.05) is 13.0 Å². The normalized spacial score (nSPS) is 11.9. The number of aliphatic imine (C=N–C) groups is 1. The van der Waals surface area contributed by atoms with E-state index < -0.39 is 15.8 Å². The Morgan fingerprint density at radius 1 is 1.14 bits per heavy atom. The Balaban J connectivity index is 2.08. The molecule has 0 radical (unpaired) electrons. The minimum atomic E-state index is -3.72. The summed E-state index contributed by atoms with van der Waals surface area (Å²) in [5, 5.41) is 6.19. The smallest absolute Gasteiger partial charge is 0.240 e. The van der Waals surface area contributed by atoms with Gasteiger partial charge >= 0.3 is 0 Å². The lowest BCUT2D eigenvalue weighted by molar-refractivity contribution is 0.580. The van der Waals surface area contributed by atoms with E-state index in [-0.39, 0.29) is 11.4 Å². The van der Waals surface area contributed by atoms with Crippen molar-refractivity contribution in [3.8, 4) is 0 Å².